The summed E-state index contributed by atoms with van der Waals surface area (Å²) in [5.74, 6) is -0.778. The molecule has 8 nitrogen and oxygen atoms in total. The highest BCUT2D eigenvalue weighted by Crippen LogP contribution is 2.11. The first kappa shape index (κ1) is 25.5. The Kier molecular flexibility index (Phi) is 17.4. The third kappa shape index (κ3) is 14.3. The van der Waals surface area contributed by atoms with E-state index in [4.69, 9.17) is 29.9 Å². The Morgan fingerprint density at radius 2 is 1.04 bits per heavy atom. The van der Waals surface area contributed by atoms with Crippen LogP contribution in [0.2, 0.25) is 0 Å². The number of hydrogen-bond donors (Lipinski definition) is 4. The molecule has 0 atom stereocenters. The first-order valence-corrected chi connectivity index (χ1v) is 7.97. The van der Waals surface area contributed by atoms with Crippen molar-refractivity contribution in [2.24, 2.45) is 5.41 Å². The van der Waals surface area contributed by atoms with Gasteiger partial charge in [-0.15, -0.1) is 0 Å². The second kappa shape index (κ2) is 17.1. The van der Waals surface area contributed by atoms with E-state index < -0.39 is 31.8 Å². The molecule has 0 fully saturated rings. The van der Waals surface area contributed by atoms with E-state index in [1.54, 1.807) is 0 Å². The van der Waals surface area contributed by atoms with Gasteiger partial charge < -0.3 is 29.9 Å². The van der Waals surface area contributed by atoms with Crippen LogP contribution in [0, 0.1) is 5.41 Å². The van der Waals surface area contributed by atoms with Crippen molar-refractivity contribution < 1.29 is 39.5 Å². The second-order valence-electron chi connectivity index (χ2n) is 5.29. The molecule has 0 rings (SSSR count). The summed E-state index contributed by atoms with van der Waals surface area (Å²) in [6, 6.07) is 0. The summed E-state index contributed by atoms with van der Waals surface area (Å²) in [7, 11) is 0. The summed E-state index contributed by atoms with van der Waals surface area (Å²) in [5, 5.41) is 34.0. The van der Waals surface area contributed by atoms with Crippen LogP contribution in [-0.4, -0.2) is 72.0 Å². The summed E-state index contributed by atoms with van der Waals surface area (Å²) in [6.07, 6.45) is 5.81. The number of hydrogen-bond acceptors (Lipinski definition) is 8. The maximum atomic E-state index is 10.6. The fraction of sp³-hybridized carbons (Fsp3) is 0.647. The Morgan fingerprint density at radius 1 is 0.720 bits per heavy atom. The second-order valence-corrected chi connectivity index (χ2v) is 5.29. The SMILES string of the molecule is C=CC(=O)OCCCCCCOC(=O)C=C.OCC(CO)(CO)CO. The standard InChI is InChI=1S/C12H18O4.C5H12O4/c1-3-11(13)15-9-7-5-6-8-10-16-12(14)4-2;6-1-5(2-7,3-8)4-9/h3-4H,1-2,5-10H2;6-9H,1-4H2. The van der Waals surface area contributed by atoms with E-state index in [1.165, 1.54) is 0 Å². The molecular weight excluding hydrogens is 332 g/mol. The largest absolute Gasteiger partial charge is 0.463 e. The van der Waals surface area contributed by atoms with Gasteiger partial charge in [0.2, 0.25) is 0 Å². The van der Waals surface area contributed by atoms with Crippen LogP contribution in [0.25, 0.3) is 0 Å². The van der Waals surface area contributed by atoms with Crippen molar-refractivity contribution in [3.8, 4) is 0 Å². The van der Waals surface area contributed by atoms with E-state index >= 15 is 0 Å². The van der Waals surface area contributed by atoms with Gasteiger partial charge in [-0.1, -0.05) is 13.2 Å². The third-order valence-electron chi connectivity index (χ3n) is 3.20. The summed E-state index contributed by atoms with van der Waals surface area (Å²) < 4.78 is 9.60. The maximum absolute atomic E-state index is 10.6. The molecule has 0 aliphatic heterocycles. The van der Waals surface area contributed by atoms with Gasteiger partial charge in [-0.25, -0.2) is 9.59 Å². The van der Waals surface area contributed by atoms with E-state index in [1.807, 2.05) is 0 Å². The molecule has 0 saturated carbocycles. The van der Waals surface area contributed by atoms with Crippen LogP contribution in [0.5, 0.6) is 0 Å². The van der Waals surface area contributed by atoms with Gasteiger partial charge in [0, 0.05) is 12.2 Å². The van der Waals surface area contributed by atoms with Gasteiger partial charge in [0.15, 0.2) is 0 Å². The van der Waals surface area contributed by atoms with Crippen molar-refractivity contribution in [2.75, 3.05) is 39.6 Å². The zero-order valence-electron chi connectivity index (χ0n) is 14.6. The van der Waals surface area contributed by atoms with Crippen molar-refractivity contribution in [2.45, 2.75) is 25.7 Å². The predicted molar refractivity (Wildman–Crippen MR) is 91.6 cm³/mol. The van der Waals surface area contributed by atoms with Crippen LogP contribution in [0.1, 0.15) is 25.7 Å². The number of unbranched alkanes of at least 4 members (excludes halogenated alkanes) is 3. The molecule has 0 aromatic carbocycles. The summed E-state index contributed by atoms with van der Waals surface area (Å²) in [4.78, 5) is 21.3. The number of aliphatic hydroxyl groups excluding tert-OH is 4. The number of rotatable bonds is 13. The molecule has 0 aliphatic carbocycles. The van der Waals surface area contributed by atoms with Crippen LogP contribution in [0.3, 0.4) is 0 Å². The average molecular weight is 362 g/mol. The fourth-order valence-electron chi connectivity index (χ4n) is 1.32. The summed E-state index contributed by atoms with van der Waals surface area (Å²) >= 11 is 0. The minimum atomic E-state index is -1.11. The molecule has 25 heavy (non-hydrogen) atoms. The molecule has 0 radical (unpaired) electrons. The van der Waals surface area contributed by atoms with E-state index in [0.29, 0.717) is 13.2 Å². The van der Waals surface area contributed by atoms with E-state index in [9.17, 15) is 9.59 Å². The number of carbonyl (C=O) groups excluding carboxylic acids is 2. The third-order valence-corrected chi connectivity index (χ3v) is 3.20. The number of aliphatic hydroxyl groups is 4. The lowest BCUT2D eigenvalue weighted by Gasteiger charge is -2.23. The lowest BCUT2D eigenvalue weighted by molar-refractivity contribution is -0.139. The van der Waals surface area contributed by atoms with Crippen molar-refractivity contribution in [3.63, 3.8) is 0 Å². The van der Waals surface area contributed by atoms with Crippen molar-refractivity contribution >= 4 is 11.9 Å². The predicted octanol–water partition coefficient (Wildman–Crippen LogP) is -0.0528. The van der Waals surface area contributed by atoms with Gasteiger partial charge in [0.1, 0.15) is 0 Å². The van der Waals surface area contributed by atoms with Gasteiger partial charge in [-0.05, 0) is 25.7 Å². The highest BCUT2D eigenvalue weighted by molar-refractivity contribution is 5.81. The van der Waals surface area contributed by atoms with Gasteiger partial charge in [0.25, 0.3) is 0 Å². The monoisotopic (exact) mass is 362 g/mol. The molecule has 0 heterocycles. The van der Waals surface area contributed by atoms with Gasteiger partial charge >= 0.3 is 11.9 Å². The highest BCUT2D eigenvalue weighted by Gasteiger charge is 2.26. The van der Waals surface area contributed by atoms with Crippen LogP contribution < -0.4 is 0 Å². The molecule has 0 bridgehead atoms. The number of carbonyl (C=O) groups is 2. The molecule has 0 amide bonds. The quantitative estimate of drug-likeness (QED) is 0.204. The van der Waals surface area contributed by atoms with E-state index in [-0.39, 0.29) is 11.9 Å². The van der Waals surface area contributed by atoms with Crippen molar-refractivity contribution in [3.05, 3.63) is 25.3 Å². The van der Waals surface area contributed by atoms with Gasteiger partial charge in [0.05, 0.1) is 45.1 Å². The molecule has 0 saturated heterocycles. The Morgan fingerprint density at radius 3 is 1.24 bits per heavy atom. The van der Waals surface area contributed by atoms with Crippen molar-refractivity contribution in [1.29, 1.82) is 0 Å². The molecular formula is C17H30O8. The zero-order valence-corrected chi connectivity index (χ0v) is 14.6. The van der Waals surface area contributed by atoms with Crippen LogP contribution in [0.4, 0.5) is 0 Å². The zero-order chi connectivity index (χ0) is 19.6. The Balaban J connectivity index is 0. The first-order valence-electron chi connectivity index (χ1n) is 7.97. The number of esters is 2. The molecule has 4 N–H and O–H groups in total. The first-order chi connectivity index (χ1) is 11.9. The Bertz CT molecular complexity index is 333. The van der Waals surface area contributed by atoms with Crippen LogP contribution in [-0.2, 0) is 19.1 Å². The summed E-state index contributed by atoms with van der Waals surface area (Å²) in [6.45, 7) is 5.79. The molecule has 8 heteroatoms. The van der Waals surface area contributed by atoms with Gasteiger partial charge in [-0.2, -0.15) is 0 Å². The minimum absolute atomic E-state index is 0.389. The lowest BCUT2D eigenvalue weighted by atomic mass is 9.93. The molecule has 0 unspecified atom stereocenters. The van der Waals surface area contributed by atoms with Gasteiger partial charge in [-0.3, -0.25) is 0 Å². The topological polar surface area (TPSA) is 134 Å². The van der Waals surface area contributed by atoms with Crippen LogP contribution in [0.15, 0.2) is 25.3 Å². The molecule has 146 valence electrons. The highest BCUT2D eigenvalue weighted by atomic mass is 16.5. The lowest BCUT2D eigenvalue weighted by Crippen LogP contribution is -2.37. The maximum Gasteiger partial charge on any atom is 0.330 e. The molecule has 0 aromatic heterocycles. The Hall–Kier alpha value is -1.74. The smallest absolute Gasteiger partial charge is 0.330 e. The molecule has 0 aromatic rings. The molecule has 0 spiro atoms. The van der Waals surface area contributed by atoms with E-state index in [2.05, 4.69) is 13.2 Å². The van der Waals surface area contributed by atoms with E-state index in [0.717, 1.165) is 37.8 Å². The average Bonchev–Trinajstić information content (AvgIpc) is 2.66. The fourth-order valence-corrected chi connectivity index (χ4v) is 1.32. The van der Waals surface area contributed by atoms with Crippen LogP contribution >= 0.6 is 0 Å². The van der Waals surface area contributed by atoms with Crippen molar-refractivity contribution in [1.82, 2.24) is 0 Å². The number of ether oxygens (including phenoxy) is 2. The Labute approximate surface area is 148 Å². The molecule has 0 aliphatic rings. The summed E-state index contributed by atoms with van der Waals surface area (Å²) in [5.41, 5.74) is -1.11. The normalized spacial score (nSPS) is 10.2. The minimum Gasteiger partial charge on any atom is -0.463 e.